The first kappa shape index (κ1) is 19.7. The zero-order chi connectivity index (χ0) is 18.4. The first-order valence-electron chi connectivity index (χ1n) is 7.83. The summed E-state index contributed by atoms with van der Waals surface area (Å²) in [5.41, 5.74) is 1.01. The lowest BCUT2D eigenvalue weighted by Crippen LogP contribution is -2.47. The van der Waals surface area contributed by atoms with Crippen LogP contribution >= 0.6 is 0 Å². The van der Waals surface area contributed by atoms with Crippen molar-refractivity contribution in [3.63, 3.8) is 0 Å². The van der Waals surface area contributed by atoms with Crippen LogP contribution in [0.4, 0.5) is 0 Å². The molecule has 0 radical (unpaired) electrons. The summed E-state index contributed by atoms with van der Waals surface area (Å²) in [5.74, 6) is -0.738. The van der Waals surface area contributed by atoms with Crippen molar-refractivity contribution in [2.75, 3.05) is 13.7 Å². The highest BCUT2D eigenvalue weighted by atomic mass is 16.5. The molecule has 7 nitrogen and oxygen atoms in total. The van der Waals surface area contributed by atoms with Gasteiger partial charge in [-0.1, -0.05) is 20.3 Å². The molecule has 0 aliphatic rings. The molecular weight excluding hydrogens is 314 g/mol. The normalized spacial score (nSPS) is 13.1. The predicted octanol–water partition coefficient (Wildman–Crippen LogP) is 2.07. The van der Waals surface area contributed by atoms with Crippen LogP contribution in [0.5, 0.6) is 0 Å². The van der Waals surface area contributed by atoms with E-state index in [9.17, 15) is 14.4 Å². The Kier molecular flexibility index (Phi) is 7.00. The van der Waals surface area contributed by atoms with Gasteiger partial charge in [0.05, 0.1) is 7.11 Å². The summed E-state index contributed by atoms with van der Waals surface area (Å²) < 4.78 is 15.1. The van der Waals surface area contributed by atoms with Gasteiger partial charge in [-0.05, 0) is 26.7 Å². The number of aryl methyl sites for hydroxylation is 2. The minimum atomic E-state index is -0.772. The Labute approximate surface area is 141 Å². The van der Waals surface area contributed by atoms with Crippen LogP contribution in [0, 0.1) is 26.7 Å². The third kappa shape index (κ3) is 4.59. The number of rotatable bonds is 7. The molecule has 1 rings (SSSR count). The van der Waals surface area contributed by atoms with Crippen LogP contribution in [0.2, 0.25) is 0 Å². The van der Waals surface area contributed by atoms with Crippen LogP contribution in [0.1, 0.15) is 47.7 Å². The topological polar surface area (TPSA) is 94.8 Å². The average molecular weight is 339 g/mol. The Balaban J connectivity index is 2.67. The molecule has 1 aromatic heterocycles. The van der Waals surface area contributed by atoms with E-state index in [1.165, 1.54) is 7.11 Å². The van der Waals surface area contributed by atoms with E-state index in [-0.39, 0.29) is 5.92 Å². The first-order valence-corrected chi connectivity index (χ1v) is 7.83. The summed E-state index contributed by atoms with van der Waals surface area (Å²) >= 11 is 0. The molecule has 0 aromatic carbocycles. The third-order valence-electron chi connectivity index (χ3n) is 4.08. The fourth-order valence-electron chi connectivity index (χ4n) is 2.31. The highest BCUT2D eigenvalue weighted by Gasteiger charge is 2.27. The van der Waals surface area contributed by atoms with Gasteiger partial charge in [-0.3, -0.25) is 4.79 Å². The van der Waals surface area contributed by atoms with Gasteiger partial charge in [0.25, 0.3) is 5.91 Å². The molecule has 2 unspecified atom stereocenters. The summed E-state index contributed by atoms with van der Waals surface area (Å²) in [6, 6.07) is -0.772. The Morgan fingerprint density at radius 3 is 2.25 bits per heavy atom. The van der Waals surface area contributed by atoms with E-state index in [4.69, 9.17) is 13.9 Å². The fourth-order valence-corrected chi connectivity index (χ4v) is 2.31. The van der Waals surface area contributed by atoms with E-state index < -0.39 is 30.5 Å². The number of amides is 1. The summed E-state index contributed by atoms with van der Waals surface area (Å²) in [5, 5.41) is 2.55. The van der Waals surface area contributed by atoms with Gasteiger partial charge >= 0.3 is 11.9 Å². The molecule has 1 amide bonds. The smallest absolute Gasteiger partial charge is 0.342 e. The number of furan rings is 1. The van der Waals surface area contributed by atoms with E-state index >= 15 is 0 Å². The number of esters is 2. The van der Waals surface area contributed by atoms with Crippen molar-refractivity contribution >= 4 is 17.8 Å². The molecule has 0 bridgehead atoms. The maximum atomic E-state index is 12.1. The summed E-state index contributed by atoms with van der Waals surface area (Å²) in [4.78, 5) is 35.8. The number of nitrogens with one attached hydrogen (secondary N) is 1. The lowest BCUT2D eigenvalue weighted by atomic mass is 9.99. The molecule has 1 aromatic rings. The Morgan fingerprint density at radius 2 is 1.79 bits per heavy atom. The van der Waals surface area contributed by atoms with Crippen LogP contribution in [0.25, 0.3) is 0 Å². The van der Waals surface area contributed by atoms with Crippen LogP contribution in [0.15, 0.2) is 4.42 Å². The molecule has 24 heavy (non-hydrogen) atoms. The van der Waals surface area contributed by atoms with E-state index in [0.29, 0.717) is 29.1 Å². The Bertz CT molecular complexity index is 619. The molecule has 2 atom stereocenters. The van der Waals surface area contributed by atoms with Crippen LogP contribution in [-0.4, -0.2) is 37.6 Å². The summed E-state index contributed by atoms with van der Waals surface area (Å²) in [6.45, 7) is 8.41. The van der Waals surface area contributed by atoms with Crippen molar-refractivity contribution in [1.29, 1.82) is 0 Å². The molecule has 1 heterocycles. The van der Waals surface area contributed by atoms with Gasteiger partial charge in [-0.15, -0.1) is 0 Å². The maximum Gasteiger partial charge on any atom is 0.342 e. The highest BCUT2D eigenvalue weighted by molar-refractivity contribution is 5.94. The molecule has 1 N–H and O–H groups in total. The van der Waals surface area contributed by atoms with E-state index in [0.717, 1.165) is 0 Å². The number of hydrogen-bond donors (Lipinski definition) is 1. The second-order valence-corrected chi connectivity index (χ2v) is 5.74. The van der Waals surface area contributed by atoms with E-state index in [1.54, 1.807) is 20.8 Å². The van der Waals surface area contributed by atoms with Crippen molar-refractivity contribution in [3.8, 4) is 0 Å². The molecule has 0 saturated carbocycles. The second-order valence-electron chi connectivity index (χ2n) is 5.74. The van der Waals surface area contributed by atoms with Crippen LogP contribution in [-0.2, 0) is 19.1 Å². The molecule has 134 valence electrons. The fraction of sp³-hybridized carbons (Fsp3) is 0.588. The standard InChI is InChI=1S/C17H25NO6/c1-7-9(2)15(17(21)22-6)18-13(19)8-23-16(20)14-10(3)11(4)24-12(14)5/h9,15H,7-8H2,1-6H3,(H,18,19). The van der Waals surface area contributed by atoms with Crippen LogP contribution in [0.3, 0.4) is 0 Å². The maximum absolute atomic E-state index is 12.1. The van der Waals surface area contributed by atoms with Gasteiger partial charge in [0.1, 0.15) is 23.1 Å². The van der Waals surface area contributed by atoms with Gasteiger partial charge in [0, 0.05) is 5.56 Å². The van der Waals surface area contributed by atoms with Gasteiger partial charge in [0.2, 0.25) is 0 Å². The quantitative estimate of drug-likeness (QED) is 0.764. The molecule has 0 aliphatic carbocycles. The highest BCUT2D eigenvalue weighted by Crippen LogP contribution is 2.21. The van der Waals surface area contributed by atoms with Gasteiger partial charge in [0.15, 0.2) is 6.61 Å². The van der Waals surface area contributed by atoms with Gasteiger partial charge < -0.3 is 19.2 Å². The monoisotopic (exact) mass is 339 g/mol. The van der Waals surface area contributed by atoms with Crippen LogP contribution < -0.4 is 5.32 Å². The lowest BCUT2D eigenvalue weighted by Gasteiger charge is -2.21. The molecule has 0 saturated heterocycles. The number of methoxy groups -OCH3 is 1. The Morgan fingerprint density at radius 1 is 1.17 bits per heavy atom. The molecule has 0 aliphatic heterocycles. The minimum absolute atomic E-state index is 0.0990. The second kappa shape index (κ2) is 8.52. The first-order chi connectivity index (χ1) is 11.2. The molecule has 7 heteroatoms. The molecular formula is C17H25NO6. The third-order valence-corrected chi connectivity index (χ3v) is 4.08. The van der Waals surface area contributed by atoms with Crippen molar-refractivity contribution in [2.24, 2.45) is 5.92 Å². The van der Waals surface area contributed by atoms with E-state index in [2.05, 4.69) is 5.32 Å². The summed E-state index contributed by atoms with van der Waals surface area (Å²) in [6.07, 6.45) is 0.687. The van der Waals surface area contributed by atoms with E-state index in [1.807, 2.05) is 13.8 Å². The number of carbonyl (C=O) groups is 3. The van der Waals surface area contributed by atoms with Crippen molar-refractivity contribution in [1.82, 2.24) is 5.32 Å². The average Bonchev–Trinajstić information content (AvgIpc) is 2.81. The van der Waals surface area contributed by atoms with Crippen molar-refractivity contribution < 1.29 is 28.3 Å². The number of carbonyl (C=O) groups excluding carboxylic acids is 3. The number of ether oxygens (including phenoxy) is 2. The zero-order valence-electron chi connectivity index (χ0n) is 15.0. The predicted molar refractivity (Wildman–Crippen MR) is 86.6 cm³/mol. The Hall–Kier alpha value is -2.31. The minimum Gasteiger partial charge on any atom is -0.467 e. The van der Waals surface area contributed by atoms with Gasteiger partial charge in [-0.2, -0.15) is 0 Å². The lowest BCUT2D eigenvalue weighted by molar-refractivity contribution is -0.147. The molecule has 0 fully saturated rings. The summed E-state index contributed by atoms with van der Waals surface area (Å²) in [7, 11) is 1.26. The largest absolute Gasteiger partial charge is 0.467 e. The molecule has 0 spiro atoms. The van der Waals surface area contributed by atoms with Crippen molar-refractivity contribution in [2.45, 2.75) is 47.1 Å². The number of hydrogen-bond acceptors (Lipinski definition) is 6. The van der Waals surface area contributed by atoms with Gasteiger partial charge in [-0.25, -0.2) is 9.59 Å². The SMILES string of the molecule is CCC(C)C(NC(=O)COC(=O)c1c(C)oc(C)c1C)C(=O)OC. The van der Waals surface area contributed by atoms with Crippen molar-refractivity contribution in [3.05, 3.63) is 22.6 Å². The zero-order valence-corrected chi connectivity index (χ0v) is 15.0.